The van der Waals surface area contributed by atoms with E-state index in [0.717, 1.165) is 16.0 Å². The number of rotatable bonds is 6. The van der Waals surface area contributed by atoms with Gasteiger partial charge < -0.3 is 20.1 Å². The Labute approximate surface area is 178 Å². The molecule has 7 heteroatoms. The van der Waals surface area contributed by atoms with E-state index in [-0.39, 0.29) is 19.1 Å². The maximum absolute atomic E-state index is 13.3. The van der Waals surface area contributed by atoms with E-state index >= 15 is 0 Å². The van der Waals surface area contributed by atoms with Crippen LogP contribution in [-0.4, -0.2) is 42.5 Å². The molecule has 0 saturated carbocycles. The van der Waals surface area contributed by atoms with Crippen molar-refractivity contribution in [3.8, 4) is 16.2 Å². The predicted molar refractivity (Wildman–Crippen MR) is 115 cm³/mol. The van der Waals surface area contributed by atoms with E-state index in [4.69, 9.17) is 15.2 Å². The lowest BCUT2D eigenvalue weighted by Gasteiger charge is -2.31. The van der Waals surface area contributed by atoms with E-state index in [9.17, 15) is 9.59 Å². The van der Waals surface area contributed by atoms with E-state index in [0.29, 0.717) is 23.8 Å². The van der Waals surface area contributed by atoms with E-state index in [2.05, 4.69) is 0 Å². The number of hydrogen-bond acceptors (Lipinski definition) is 5. The summed E-state index contributed by atoms with van der Waals surface area (Å²) in [7, 11) is 0. The second kappa shape index (κ2) is 9.11. The molecule has 1 aromatic heterocycles. The van der Waals surface area contributed by atoms with E-state index in [1.165, 1.54) is 11.3 Å². The Morgan fingerprint density at radius 2 is 1.80 bits per heavy atom. The molecular formula is C23H22N2O4S. The van der Waals surface area contributed by atoms with Crippen LogP contribution < -0.4 is 10.5 Å². The van der Waals surface area contributed by atoms with Gasteiger partial charge in [-0.3, -0.25) is 9.59 Å². The average molecular weight is 423 g/mol. The molecule has 0 bridgehead atoms. The third-order valence-electron chi connectivity index (χ3n) is 4.86. The van der Waals surface area contributed by atoms with Crippen LogP contribution in [0.1, 0.15) is 15.2 Å². The van der Waals surface area contributed by atoms with Crippen LogP contribution in [0.15, 0.2) is 66.7 Å². The number of carbonyl (C=O) groups excluding carboxylic acids is 2. The molecule has 1 unspecified atom stereocenters. The van der Waals surface area contributed by atoms with Crippen LogP contribution in [0.2, 0.25) is 0 Å². The normalized spacial score (nSPS) is 16.3. The van der Waals surface area contributed by atoms with Crippen molar-refractivity contribution in [3.05, 3.63) is 77.2 Å². The van der Waals surface area contributed by atoms with E-state index in [1.54, 1.807) is 4.90 Å². The number of benzene rings is 2. The number of nitrogens with zero attached hydrogens (tertiary/aromatic N) is 1. The lowest BCUT2D eigenvalue weighted by Crippen LogP contribution is -2.50. The van der Waals surface area contributed by atoms with Gasteiger partial charge >= 0.3 is 0 Å². The lowest BCUT2D eigenvalue weighted by atomic mass is 10.2. The summed E-state index contributed by atoms with van der Waals surface area (Å²) in [6.45, 7) is 1.18. The third kappa shape index (κ3) is 4.53. The Hall–Kier alpha value is -3.16. The van der Waals surface area contributed by atoms with Crippen LogP contribution >= 0.6 is 11.3 Å². The summed E-state index contributed by atoms with van der Waals surface area (Å²) in [6, 6.07) is 21.6. The molecule has 2 N–H and O–H groups in total. The van der Waals surface area contributed by atoms with E-state index in [1.807, 2.05) is 66.7 Å². The van der Waals surface area contributed by atoms with Gasteiger partial charge in [0, 0.05) is 11.4 Å². The molecule has 1 aliphatic rings. The zero-order valence-corrected chi connectivity index (χ0v) is 17.1. The Morgan fingerprint density at radius 3 is 2.50 bits per heavy atom. The number of carbonyl (C=O) groups is 2. The van der Waals surface area contributed by atoms with Gasteiger partial charge in [0.2, 0.25) is 5.91 Å². The maximum Gasteiger partial charge on any atom is 0.267 e. The summed E-state index contributed by atoms with van der Waals surface area (Å²) in [5, 5.41) is 0. The molecule has 6 nitrogen and oxygen atoms in total. The van der Waals surface area contributed by atoms with Crippen molar-refractivity contribution in [2.75, 3.05) is 19.7 Å². The SMILES string of the molecule is NC(=O)C1CN(C(=O)c2sc(-c3ccccc3)cc2OCc2ccccc2)CCO1. The van der Waals surface area contributed by atoms with Gasteiger partial charge in [-0.15, -0.1) is 11.3 Å². The van der Waals surface area contributed by atoms with Crippen molar-refractivity contribution >= 4 is 23.2 Å². The van der Waals surface area contributed by atoms with Crippen molar-refractivity contribution in [1.82, 2.24) is 4.90 Å². The van der Waals surface area contributed by atoms with Crippen molar-refractivity contribution in [3.63, 3.8) is 0 Å². The zero-order valence-electron chi connectivity index (χ0n) is 16.3. The molecule has 30 heavy (non-hydrogen) atoms. The quantitative estimate of drug-likeness (QED) is 0.661. The largest absolute Gasteiger partial charge is 0.487 e. The first-order valence-electron chi connectivity index (χ1n) is 9.68. The minimum Gasteiger partial charge on any atom is -0.487 e. The van der Waals surface area contributed by atoms with Gasteiger partial charge in [0.05, 0.1) is 13.2 Å². The van der Waals surface area contributed by atoms with Crippen molar-refractivity contribution in [1.29, 1.82) is 0 Å². The standard InChI is InChI=1S/C23H22N2O4S/c24-22(26)19-14-25(11-12-28-19)23(27)21-18(29-15-16-7-3-1-4-8-16)13-20(30-21)17-9-5-2-6-10-17/h1-10,13,19H,11-12,14-15H2,(H2,24,26). The van der Waals surface area contributed by atoms with Gasteiger partial charge in [-0.1, -0.05) is 60.7 Å². The van der Waals surface area contributed by atoms with Gasteiger partial charge in [-0.25, -0.2) is 0 Å². The Bertz CT molecular complexity index is 1020. The fourth-order valence-corrected chi connectivity index (χ4v) is 4.33. The zero-order chi connectivity index (χ0) is 20.9. The highest BCUT2D eigenvalue weighted by atomic mass is 32.1. The van der Waals surface area contributed by atoms with E-state index < -0.39 is 12.0 Å². The first kappa shape index (κ1) is 20.1. The molecule has 1 atom stereocenters. The van der Waals surface area contributed by atoms with Gasteiger partial charge in [-0.2, -0.15) is 0 Å². The molecule has 1 saturated heterocycles. The number of primary amides is 1. The number of morpholine rings is 1. The Morgan fingerprint density at radius 1 is 1.10 bits per heavy atom. The number of nitrogens with two attached hydrogens (primary N) is 1. The highest BCUT2D eigenvalue weighted by Gasteiger charge is 2.31. The van der Waals surface area contributed by atoms with Crippen LogP contribution in [0.3, 0.4) is 0 Å². The molecular weight excluding hydrogens is 400 g/mol. The lowest BCUT2D eigenvalue weighted by molar-refractivity contribution is -0.133. The van der Waals surface area contributed by atoms with Crippen LogP contribution in [0.25, 0.3) is 10.4 Å². The predicted octanol–water partition coefficient (Wildman–Crippen LogP) is 3.32. The number of amides is 2. The van der Waals surface area contributed by atoms with Gasteiger partial charge in [0.25, 0.3) is 5.91 Å². The van der Waals surface area contributed by atoms with Crippen LogP contribution in [0.4, 0.5) is 0 Å². The fourth-order valence-electron chi connectivity index (χ4n) is 3.26. The third-order valence-corrected chi connectivity index (χ3v) is 6.01. The molecule has 154 valence electrons. The molecule has 3 aromatic rings. The molecule has 1 aliphatic heterocycles. The van der Waals surface area contributed by atoms with Crippen LogP contribution in [0, 0.1) is 0 Å². The molecule has 4 rings (SSSR count). The number of ether oxygens (including phenoxy) is 2. The monoisotopic (exact) mass is 422 g/mol. The number of hydrogen-bond donors (Lipinski definition) is 1. The second-order valence-corrected chi connectivity index (χ2v) is 8.01. The molecule has 0 radical (unpaired) electrons. The average Bonchev–Trinajstić information content (AvgIpc) is 3.23. The topological polar surface area (TPSA) is 81.9 Å². The Balaban J connectivity index is 1.61. The molecule has 2 aromatic carbocycles. The van der Waals surface area contributed by atoms with Crippen molar-refractivity contribution in [2.45, 2.75) is 12.7 Å². The second-order valence-electron chi connectivity index (χ2n) is 6.96. The first-order valence-corrected chi connectivity index (χ1v) is 10.5. The summed E-state index contributed by atoms with van der Waals surface area (Å²) in [4.78, 5) is 27.9. The summed E-state index contributed by atoms with van der Waals surface area (Å²) >= 11 is 1.39. The number of thiophene rings is 1. The fraction of sp³-hybridized carbons (Fsp3) is 0.217. The smallest absolute Gasteiger partial charge is 0.267 e. The van der Waals surface area contributed by atoms with Crippen molar-refractivity contribution in [2.24, 2.45) is 5.73 Å². The maximum atomic E-state index is 13.3. The Kier molecular flexibility index (Phi) is 6.11. The molecule has 1 fully saturated rings. The van der Waals surface area contributed by atoms with Crippen molar-refractivity contribution < 1.29 is 19.1 Å². The highest BCUT2D eigenvalue weighted by Crippen LogP contribution is 2.37. The molecule has 0 spiro atoms. The van der Waals surface area contributed by atoms with Crippen LogP contribution in [0.5, 0.6) is 5.75 Å². The summed E-state index contributed by atoms with van der Waals surface area (Å²) < 4.78 is 11.4. The minimum atomic E-state index is -0.787. The van der Waals surface area contributed by atoms with Gasteiger partial charge in [0.15, 0.2) is 6.10 Å². The van der Waals surface area contributed by atoms with Gasteiger partial charge in [0.1, 0.15) is 17.2 Å². The molecule has 2 amide bonds. The minimum absolute atomic E-state index is 0.144. The summed E-state index contributed by atoms with van der Waals surface area (Å²) in [5.41, 5.74) is 7.40. The van der Waals surface area contributed by atoms with Gasteiger partial charge in [-0.05, 0) is 17.2 Å². The summed E-state index contributed by atoms with van der Waals surface area (Å²) in [5.74, 6) is -0.209. The summed E-state index contributed by atoms with van der Waals surface area (Å²) in [6.07, 6.45) is -0.787. The highest BCUT2D eigenvalue weighted by molar-refractivity contribution is 7.17. The molecule has 0 aliphatic carbocycles. The first-order chi connectivity index (χ1) is 14.6. The van der Waals surface area contributed by atoms with Crippen LogP contribution in [-0.2, 0) is 16.1 Å². The molecule has 2 heterocycles.